The van der Waals surface area contributed by atoms with Crippen LogP contribution >= 0.6 is 11.6 Å². The Hall–Kier alpha value is -1.54. The van der Waals surface area contributed by atoms with Crippen molar-refractivity contribution < 1.29 is 4.39 Å². The quantitative estimate of drug-likeness (QED) is 0.824. The zero-order chi connectivity index (χ0) is 14.1. The standard InChI is InChI=1S/C17H17ClFN/c1-11-5-4-7-15(18)17(11)20-13-9-12(10-13)14-6-2-3-8-16(14)19/h2-8,12-13,20H,9-10H2,1H3. The molecule has 0 saturated heterocycles. The molecule has 0 heterocycles. The molecule has 0 atom stereocenters. The molecule has 0 radical (unpaired) electrons. The highest BCUT2D eigenvalue weighted by Gasteiger charge is 2.32. The first-order valence-electron chi connectivity index (χ1n) is 6.91. The zero-order valence-corrected chi connectivity index (χ0v) is 12.1. The molecule has 1 N–H and O–H groups in total. The van der Waals surface area contributed by atoms with Gasteiger partial charge in [-0.1, -0.05) is 41.9 Å². The molecule has 1 aliphatic carbocycles. The predicted octanol–water partition coefficient (Wildman–Crippen LogP) is 5.15. The van der Waals surface area contributed by atoms with E-state index in [0.717, 1.165) is 34.7 Å². The lowest BCUT2D eigenvalue weighted by molar-refractivity contribution is 0.363. The maximum Gasteiger partial charge on any atom is 0.126 e. The van der Waals surface area contributed by atoms with Crippen molar-refractivity contribution in [2.45, 2.75) is 31.7 Å². The lowest BCUT2D eigenvalue weighted by Gasteiger charge is -2.37. The van der Waals surface area contributed by atoms with Crippen LogP contribution in [0.4, 0.5) is 10.1 Å². The summed E-state index contributed by atoms with van der Waals surface area (Å²) < 4.78 is 13.7. The smallest absolute Gasteiger partial charge is 0.126 e. The summed E-state index contributed by atoms with van der Waals surface area (Å²) in [5.41, 5.74) is 2.99. The van der Waals surface area contributed by atoms with Gasteiger partial charge in [0.2, 0.25) is 0 Å². The van der Waals surface area contributed by atoms with Crippen LogP contribution in [0.5, 0.6) is 0 Å². The Morgan fingerprint density at radius 3 is 2.55 bits per heavy atom. The van der Waals surface area contributed by atoms with E-state index in [0.29, 0.717) is 12.0 Å². The highest BCUT2D eigenvalue weighted by atomic mass is 35.5. The van der Waals surface area contributed by atoms with Crippen LogP contribution in [0.15, 0.2) is 42.5 Å². The number of anilines is 1. The molecule has 0 aliphatic heterocycles. The summed E-state index contributed by atoms with van der Waals surface area (Å²) in [5.74, 6) is 0.223. The minimum absolute atomic E-state index is 0.0927. The Labute approximate surface area is 123 Å². The van der Waals surface area contributed by atoms with Crippen LogP contribution in [-0.2, 0) is 0 Å². The Morgan fingerprint density at radius 2 is 1.85 bits per heavy atom. The van der Waals surface area contributed by atoms with Crippen LogP contribution < -0.4 is 5.32 Å². The van der Waals surface area contributed by atoms with E-state index in [1.807, 2.05) is 37.3 Å². The Bertz CT molecular complexity index is 600. The van der Waals surface area contributed by atoms with Gasteiger partial charge in [-0.25, -0.2) is 4.39 Å². The number of para-hydroxylation sites is 1. The van der Waals surface area contributed by atoms with Crippen molar-refractivity contribution in [3.8, 4) is 0 Å². The van der Waals surface area contributed by atoms with Crippen LogP contribution in [-0.4, -0.2) is 6.04 Å². The number of halogens is 2. The molecule has 3 rings (SSSR count). The van der Waals surface area contributed by atoms with Crippen molar-refractivity contribution in [3.05, 3.63) is 64.4 Å². The topological polar surface area (TPSA) is 12.0 Å². The van der Waals surface area contributed by atoms with E-state index in [4.69, 9.17) is 11.6 Å². The summed E-state index contributed by atoms with van der Waals surface area (Å²) in [6, 6.07) is 13.3. The van der Waals surface area contributed by atoms with Crippen molar-refractivity contribution in [2.24, 2.45) is 0 Å². The van der Waals surface area contributed by atoms with Gasteiger partial charge in [0.15, 0.2) is 0 Å². The molecular formula is C17H17ClFN. The third-order valence-electron chi connectivity index (χ3n) is 4.05. The van der Waals surface area contributed by atoms with E-state index < -0.39 is 0 Å². The first-order chi connectivity index (χ1) is 9.65. The van der Waals surface area contributed by atoms with Crippen LogP contribution in [0.2, 0.25) is 5.02 Å². The van der Waals surface area contributed by atoms with Crippen LogP contribution in [0.3, 0.4) is 0 Å². The Balaban J connectivity index is 1.66. The van der Waals surface area contributed by atoms with Gasteiger partial charge in [-0.3, -0.25) is 0 Å². The largest absolute Gasteiger partial charge is 0.381 e. The zero-order valence-electron chi connectivity index (χ0n) is 11.4. The molecule has 2 aromatic carbocycles. The van der Waals surface area contributed by atoms with E-state index in [-0.39, 0.29) is 5.82 Å². The van der Waals surface area contributed by atoms with E-state index >= 15 is 0 Å². The van der Waals surface area contributed by atoms with Crippen LogP contribution in [0.25, 0.3) is 0 Å². The van der Waals surface area contributed by atoms with Gasteiger partial charge < -0.3 is 5.32 Å². The van der Waals surface area contributed by atoms with Crippen molar-refractivity contribution in [2.75, 3.05) is 5.32 Å². The number of aryl methyl sites for hydroxylation is 1. The lowest BCUT2D eigenvalue weighted by Crippen LogP contribution is -2.34. The third kappa shape index (κ3) is 2.53. The average Bonchev–Trinajstić information content (AvgIpc) is 2.37. The summed E-state index contributed by atoms with van der Waals surface area (Å²) in [6.45, 7) is 2.04. The molecule has 2 aromatic rings. The van der Waals surface area contributed by atoms with Crippen molar-refractivity contribution >= 4 is 17.3 Å². The van der Waals surface area contributed by atoms with Gasteiger partial charge in [0.05, 0.1) is 10.7 Å². The van der Waals surface area contributed by atoms with Gasteiger partial charge in [0, 0.05) is 6.04 Å². The number of hydrogen-bond acceptors (Lipinski definition) is 1. The van der Waals surface area contributed by atoms with E-state index in [9.17, 15) is 4.39 Å². The van der Waals surface area contributed by atoms with Gasteiger partial charge in [-0.15, -0.1) is 0 Å². The van der Waals surface area contributed by atoms with Crippen molar-refractivity contribution in [3.63, 3.8) is 0 Å². The second-order valence-electron chi connectivity index (χ2n) is 5.46. The minimum Gasteiger partial charge on any atom is -0.381 e. The SMILES string of the molecule is Cc1cccc(Cl)c1NC1CC(c2ccccc2F)C1. The molecule has 0 unspecified atom stereocenters. The summed E-state index contributed by atoms with van der Waals surface area (Å²) >= 11 is 6.21. The Morgan fingerprint density at radius 1 is 1.10 bits per heavy atom. The second kappa shape index (κ2) is 5.45. The second-order valence-corrected chi connectivity index (χ2v) is 5.87. The number of nitrogens with one attached hydrogen (secondary N) is 1. The molecule has 0 amide bonds. The monoisotopic (exact) mass is 289 g/mol. The molecule has 1 nitrogen and oxygen atoms in total. The van der Waals surface area contributed by atoms with Crippen LogP contribution in [0.1, 0.15) is 29.9 Å². The highest BCUT2D eigenvalue weighted by Crippen LogP contribution is 2.40. The van der Waals surface area contributed by atoms with Gasteiger partial charge in [0.25, 0.3) is 0 Å². The summed E-state index contributed by atoms with van der Waals surface area (Å²) in [6.07, 6.45) is 1.90. The third-order valence-corrected chi connectivity index (χ3v) is 4.37. The molecule has 0 aromatic heterocycles. The number of benzene rings is 2. The predicted molar refractivity (Wildman–Crippen MR) is 82.0 cm³/mol. The average molecular weight is 290 g/mol. The normalized spacial score (nSPS) is 21.4. The molecular weight excluding hydrogens is 273 g/mol. The molecule has 20 heavy (non-hydrogen) atoms. The fourth-order valence-electron chi connectivity index (χ4n) is 2.81. The van der Waals surface area contributed by atoms with Gasteiger partial charge in [-0.05, 0) is 48.9 Å². The molecule has 3 heteroatoms. The maximum absolute atomic E-state index is 13.7. The summed E-state index contributed by atoms with van der Waals surface area (Å²) in [5, 5.41) is 4.23. The fourth-order valence-corrected chi connectivity index (χ4v) is 3.09. The molecule has 104 valence electrons. The number of hydrogen-bond donors (Lipinski definition) is 1. The highest BCUT2D eigenvalue weighted by molar-refractivity contribution is 6.33. The van der Waals surface area contributed by atoms with E-state index in [2.05, 4.69) is 5.32 Å². The van der Waals surface area contributed by atoms with E-state index in [1.165, 1.54) is 6.07 Å². The first kappa shape index (κ1) is 13.4. The maximum atomic E-state index is 13.7. The summed E-state index contributed by atoms with van der Waals surface area (Å²) in [7, 11) is 0. The van der Waals surface area contributed by atoms with E-state index in [1.54, 1.807) is 6.07 Å². The molecule has 0 bridgehead atoms. The minimum atomic E-state index is -0.0927. The molecule has 0 spiro atoms. The molecule has 1 saturated carbocycles. The van der Waals surface area contributed by atoms with Gasteiger partial charge >= 0.3 is 0 Å². The summed E-state index contributed by atoms with van der Waals surface area (Å²) in [4.78, 5) is 0. The van der Waals surface area contributed by atoms with Crippen molar-refractivity contribution in [1.29, 1.82) is 0 Å². The van der Waals surface area contributed by atoms with Gasteiger partial charge in [0.1, 0.15) is 5.82 Å². The number of rotatable bonds is 3. The van der Waals surface area contributed by atoms with Crippen molar-refractivity contribution in [1.82, 2.24) is 0 Å². The van der Waals surface area contributed by atoms with Crippen LogP contribution in [0, 0.1) is 12.7 Å². The lowest BCUT2D eigenvalue weighted by atomic mass is 9.75. The first-order valence-corrected chi connectivity index (χ1v) is 7.29. The molecule has 1 aliphatic rings. The molecule has 1 fully saturated rings. The fraction of sp³-hybridized carbons (Fsp3) is 0.294. The Kier molecular flexibility index (Phi) is 3.66. The van der Waals surface area contributed by atoms with Gasteiger partial charge in [-0.2, -0.15) is 0 Å².